The van der Waals surface area contributed by atoms with Gasteiger partial charge in [-0.15, -0.1) is 0 Å². The van der Waals surface area contributed by atoms with Crippen molar-refractivity contribution in [1.82, 2.24) is 14.3 Å². The molecule has 0 atom stereocenters. The van der Waals surface area contributed by atoms with Gasteiger partial charge in [0.1, 0.15) is 5.82 Å². The van der Waals surface area contributed by atoms with Crippen LogP contribution in [0.1, 0.15) is 24.0 Å². The van der Waals surface area contributed by atoms with Crippen LogP contribution >= 0.6 is 23.3 Å². The summed E-state index contributed by atoms with van der Waals surface area (Å²) in [5.41, 5.74) is 7.70. The summed E-state index contributed by atoms with van der Waals surface area (Å²) in [7, 11) is 0. The lowest BCUT2D eigenvalue weighted by Gasteiger charge is -2.00. The van der Waals surface area contributed by atoms with Crippen LogP contribution in [0, 0.1) is 0 Å². The molecule has 17 heavy (non-hydrogen) atoms. The van der Waals surface area contributed by atoms with Gasteiger partial charge in [-0.05, 0) is 29.2 Å². The van der Waals surface area contributed by atoms with Gasteiger partial charge in [0.15, 0.2) is 4.34 Å². The Labute approximate surface area is 109 Å². The Kier molecular flexibility index (Phi) is 4.47. The van der Waals surface area contributed by atoms with Gasteiger partial charge in [-0.25, -0.2) is 4.98 Å². The predicted octanol–water partition coefficient (Wildman–Crippen LogP) is 2.25. The molecule has 0 radical (unpaired) electrons. The summed E-state index contributed by atoms with van der Waals surface area (Å²) in [4.78, 5) is 8.59. The Bertz CT molecular complexity index is 484. The van der Waals surface area contributed by atoms with E-state index in [2.05, 4.69) is 21.3 Å². The van der Waals surface area contributed by atoms with Gasteiger partial charge in [0.25, 0.3) is 0 Å². The fraction of sp³-hybridized carbons (Fsp3) is 0.364. The number of nitrogens with two attached hydrogens (primary N) is 1. The third kappa shape index (κ3) is 3.49. The zero-order valence-electron chi connectivity index (χ0n) is 9.59. The van der Waals surface area contributed by atoms with Gasteiger partial charge >= 0.3 is 0 Å². The van der Waals surface area contributed by atoms with Crippen LogP contribution in [0.25, 0.3) is 0 Å². The lowest BCUT2D eigenvalue weighted by atomic mass is 10.2. The van der Waals surface area contributed by atoms with Crippen LogP contribution in [0.15, 0.2) is 22.7 Å². The van der Waals surface area contributed by atoms with E-state index in [4.69, 9.17) is 5.73 Å². The normalized spacial score (nSPS) is 10.7. The number of hydrogen-bond acceptors (Lipinski definition) is 6. The minimum atomic E-state index is 0.483. The topological polar surface area (TPSA) is 64.7 Å². The van der Waals surface area contributed by atoms with Crippen molar-refractivity contribution in [3.8, 4) is 0 Å². The molecule has 0 saturated carbocycles. The van der Waals surface area contributed by atoms with E-state index < -0.39 is 0 Å². The molecule has 2 aromatic rings. The zero-order chi connectivity index (χ0) is 12.1. The molecule has 2 N–H and O–H groups in total. The molecule has 0 aliphatic heterocycles. The van der Waals surface area contributed by atoms with Crippen LogP contribution in [-0.4, -0.2) is 14.3 Å². The van der Waals surface area contributed by atoms with Gasteiger partial charge < -0.3 is 5.73 Å². The first-order chi connectivity index (χ1) is 8.31. The minimum absolute atomic E-state index is 0.483. The Hall–Kier alpha value is -0.980. The fourth-order valence-electron chi connectivity index (χ4n) is 1.31. The highest BCUT2D eigenvalue weighted by Crippen LogP contribution is 2.24. The molecule has 4 nitrogen and oxygen atoms in total. The monoisotopic (exact) mass is 266 g/mol. The molecule has 0 unspecified atom stereocenters. The molecule has 6 heteroatoms. The average molecular weight is 266 g/mol. The van der Waals surface area contributed by atoms with Crippen molar-refractivity contribution >= 4 is 23.3 Å². The van der Waals surface area contributed by atoms with Crippen LogP contribution in [0.2, 0.25) is 0 Å². The summed E-state index contributed by atoms with van der Waals surface area (Å²) in [6.07, 6.45) is 2.69. The maximum absolute atomic E-state index is 5.56. The lowest BCUT2D eigenvalue weighted by molar-refractivity contribution is 0.970. The minimum Gasteiger partial charge on any atom is -0.325 e. The van der Waals surface area contributed by atoms with Crippen LogP contribution in [0.3, 0.4) is 0 Å². The van der Waals surface area contributed by atoms with E-state index in [0.29, 0.717) is 6.54 Å². The van der Waals surface area contributed by atoms with E-state index in [9.17, 15) is 0 Å². The SMILES string of the molecule is CCc1nsc(SCc2ccnc(CN)c2)n1. The Morgan fingerprint density at radius 2 is 2.35 bits per heavy atom. The molecule has 2 heterocycles. The lowest BCUT2D eigenvalue weighted by Crippen LogP contribution is -1.99. The average Bonchev–Trinajstić information content (AvgIpc) is 2.84. The van der Waals surface area contributed by atoms with E-state index in [-0.39, 0.29) is 0 Å². The molecule has 2 aromatic heterocycles. The van der Waals surface area contributed by atoms with Crippen molar-refractivity contribution in [3.63, 3.8) is 0 Å². The van der Waals surface area contributed by atoms with Gasteiger partial charge in [0.2, 0.25) is 0 Å². The first kappa shape index (κ1) is 12.5. The Morgan fingerprint density at radius 3 is 3.06 bits per heavy atom. The van der Waals surface area contributed by atoms with E-state index in [1.807, 2.05) is 12.1 Å². The van der Waals surface area contributed by atoms with Crippen molar-refractivity contribution < 1.29 is 0 Å². The van der Waals surface area contributed by atoms with E-state index >= 15 is 0 Å². The highest BCUT2D eigenvalue weighted by atomic mass is 32.2. The summed E-state index contributed by atoms with van der Waals surface area (Å²) >= 11 is 3.17. The maximum atomic E-state index is 5.56. The van der Waals surface area contributed by atoms with Crippen LogP contribution < -0.4 is 5.73 Å². The summed E-state index contributed by atoms with van der Waals surface area (Å²) in [5.74, 6) is 1.81. The summed E-state index contributed by atoms with van der Waals surface area (Å²) in [6.45, 7) is 2.55. The second-order valence-corrected chi connectivity index (χ2v) is 5.45. The van der Waals surface area contributed by atoms with Crippen LogP contribution in [0.4, 0.5) is 0 Å². The first-order valence-corrected chi connectivity index (χ1v) is 7.17. The molecule has 0 fully saturated rings. The molecule has 0 amide bonds. The third-order valence-corrected chi connectivity index (χ3v) is 4.16. The van der Waals surface area contributed by atoms with Crippen molar-refractivity contribution in [2.24, 2.45) is 5.73 Å². The zero-order valence-corrected chi connectivity index (χ0v) is 11.2. The highest BCUT2D eigenvalue weighted by molar-refractivity contribution is 8.00. The maximum Gasteiger partial charge on any atom is 0.170 e. The number of thioether (sulfide) groups is 1. The Balaban J connectivity index is 1.96. The fourth-order valence-corrected chi connectivity index (χ4v) is 2.95. The second kappa shape index (κ2) is 6.09. The van der Waals surface area contributed by atoms with Crippen LogP contribution in [0.5, 0.6) is 0 Å². The summed E-state index contributed by atoms with van der Waals surface area (Å²) in [5, 5.41) is 0. The van der Waals surface area contributed by atoms with E-state index in [1.165, 1.54) is 17.1 Å². The first-order valence-electron chi connectivity index (χ1n) is 5.41. The van der Waals surface area contributed by atoms with E-state index in [0.717, 1.165) is 28.0 Å². The molecule has 0 aliphatic rings. The largest absolute Gasteiger partial charge is 0.325 e. The molecule has 0 aliphatic carbocycles. The van der Waals surface area contributed by atoms with Gasteiger partial charge in [-0.2, -0.15) is 4.37 Å². The van der Waals surface area contributed by atoms with Crippen molar-refractivity contribution in [3.05, 3.63) is 35.4 Å². The molecule has 0 aromatic carbocycles. The summed E-state index contributed by atoms with van der Waals surface area (Å²) < 4.78 is 5.28. The molecule has 0 spiro atoms. The van der Waals surface area contributed by atoms with Gasteiger partial charge in [-0.3, -0.25) is 4.98 Å². The van der Waals surface area contributed by atoms with Gasteiger partial charge in [-0.1, -0.05) is 18.7 Å². The molecular formula is C11H14N4S2. The number of aryl methyl sites for hydroxylation is 1. The number of rotatable bonds is 5. The Morgan fingerprint density at radius 1 is 1.47 bits per heavy atom. The molecule has 90 valence electrons. The smallest absolute Gasteiger partial charge is 0.170 e. The number of pyridine rings is 1. The van der Waals surface area contributed by atoms with E-state index in [1.54, 1.807) is 18.0 Å². The second-order valence-electron chi connectivity index (χ2n) is 3.48. The third-order valence-electron chi connectivity index (χ3n) is 2.22. The molecular weight excluding hydrogens is 252 g/mol. The number of hydrogen-bond donors (Lipinski definition) is 1. The highest BCUT2D eigenvalue weighted by Gasteiger charge is 2.04. The molecule has 0 saturated heterocycles. The number of aromatic nitrogens is 3. The predicted molar refractivity (Wildman–Crippen MR) is 71.0 cm³/mol. The van der Waals surface area contributed by atoms with Crippen molar-refractivity contribution in [1.29, 1.82) is 0 Å². The standard InChI is InChI=1S/C11H14N4S2/c1-2-10-14-11(17-15-10)16-7-8-3-4-13-9(5-8)6-12/h3-5H,2,6-7,12H2,1H3. The van der Waals surface area contributed by atoms with Crippen molar-refractivity contribution in [2.75, 3.05) is 0 Å². The van der Waals surface area contributed by atoms with Crippen LogP contribution in [-0.2, 0) is 18.7 Å². The van der Waals surface area contributed by atoms with Crippen molar-refractivity contribution in [2.45, 2.75) is 30.0 Å². The van der Waals surface area contributed by atoms with Gasteiger partial charge in [0.05, 0.1) is 5.69 Å². The number of nitrogens with zero attached hydrogens (tertiary/aromatic N) is 3. The summed E-state index contributed by atoms with van der Waals surface area (Å²) in [6, 6.07) is 4.04. The van der Waals surface area contributed by atoms with Gasteiger partial charge in [0, 0.05) is 24.9 Å². The quantitative estimate of drug-likeness (QED) is 0.841. The molecule has 0 bridgehead atoms. The molecule has 2 rings (SSSR count).